The van der Waals surface area contributed by atoms with Gasteiger partial charge in [-0.25, -0.2) is 0 Å². The summed E-state index contributed by atoms with van der Waals surface area (Å²) in [4.78, 5) is 28.7. The normalized spacial score (nSPS) is 18.4. The average molecular weight is 426 g/mol. The van der Waals surface area contributed by atoms with Crippen LogP contribution in [-0.2, 0) is 16.0 Å². The van der Waals surface area contributed by atoms with Crippen LogP contribution in [0.3, 0.4) is 0 Å². The summed E-state index contributed by atoms with van der Waals surface area (Å²) in [7, 11) is 0. The van der Waals surface area contributed by atoms with Gasteiger partial charge in [-0.1, -0.05) is 12.5 Å². The Balaban J connectivity index is 1.38. The van der Waals surface area contributed by atoms with Gasteiger partial charge in [-0.3, -0.25) is 14.5 Å². The Labute approximate surface area is 181 Å². The lowest BCUT2D eigenvalue weighted by Gasteiger charge is -2.34. The van der Waals surface area contributed by atoms with Crippen molar-refractivity contribution < 1.29 is 14.3 Å². The van der Waals surface area contributed by atoms with Crippen molar-refractivity contribution in [1.82, 2.24) is 4.90 Å². The first-order valence-electron chi connectivity index (χ1n) is 10.4. The Morgan fingerprint density at radius 2 is 2.00 bits per heavy atom. The molecule has 0 bridgehead atoms. The SMILES string of the molecule is CSc1cccc(NC(=O)CN2CCCC[C@H]2C(=O)Nc2ccc3c(c2)CCO3)c1. The summed E-state index contributed by atoms with van der Waals surface area (Å²) in [6, 6.07) is 13.3. The number of fused-ring (bicyclic) bond motifs is 1. The summed E-state index contributed by atoms with van der Waals surface area (Å²) in [5.74, 6) is 0.753. The van der Waals surface area contributed by atoms with E-state index in [1.165, 1.54) is 0 Å². The van der Waals surface area contributed by atoms with E-state index >= 15 is 0 Å². The second-order valence-electron chi connectivity index (χ2n) is 7.67. The molecule has 6 nitrogen and oxygen atoms in total. The Kier molecular flexibility index (Phi) is 6.59. The molecule has 4 rings (SSSR count). The summed E-state index contributed by atoms with van der Waals surface area (Å²) in [5.41, 5.74) is 2.69. The minimum atomic E-state index is -0.300. The first kappa shape index (κ1) is 20.8. The van der Waals surface area contributed by atoms with Crippen LogP contribution in [0.15, 0.2) is 47.4 Å². The molecule has 2 aromatic rings. The van der Waals surface area contributed by atoms with E-state index in [1.807, 2.05) is 53.6 Å². The van der Waals surface area contributed by atoms with Crippen LogP contribution in [0.2, 0.25) is 0 Å². The number of ether oxygens (including phenoxy) is 1. The molecule has 2 aliphatic heterocycles. The lowest BCUT2D eigenvalue weighted by Crippen LogP contribution is -2.49. The van der Waals surface area contributed by atoms with Crippen molar-refractivity contribution in [3.63, 3.8) is 0 Å². The van der Waals surface area contributed by atoms with Crippen molar-refractivity contribution in [2.75, 3.05) is 36.6 Å². The number of thioether (sulfide) groups is 1. The summed E-state index contributed by atoms with van der Waals surface area (Å²) in [5, 5.41) is 6.00. The number of hydrogen-bond donors (Lipinski definition) is 2. The molecular weight excluding hydrogens is 398 g/mol. The quantitative estimate of drug-likeness (QED) is 0.690. The van der Waals surface area contributed by atoms with Crippen LogP contribution >= 0.6 is 11.8 Å². The number of amides is 2. The van der Waals surface area contributed by atoms with Gasteiger partial charge >= 0.3 is 0 Å². The van der Waals surface area contributed by atoms with Gasteiger partial charge in [0.05, 0.1) is 19.2 Å². The minimum absolute atomic E-state index is 0.0502. The van der Waals surface area contributed by atoms with Crippen LogP contribution < -0.4 is 15.4 Å². The number of carbonyl (C=O) groups excluding carboxylic acids is 2. The molecule has 0 aromatic heterocycles. The highest BCUT2D eigenvalue weighted by atomic mass is 32.2. The highest BCUT2D eigenvalue weighted by Gasteiger charge is 2.30. The molecule has 2 heterocycles. The Morgan fingerprint density at radius 3 is 2.87 bits per heavy atom. The van der Waals surface area contributed by atoms with E-state index in [1.54, 1.807) is 11.8 Å². The van der Waals surface area contributed by atoms with Gasteiger partial charge in [0.15, 0.2) is 0 Å². The van der Waals surface area contributed by atoms with Crippen molar-refractivity contribution in [3.05, 3.63) is 48.0 Å². The van der Waals surface area contributed by atoms with E-state index in [-0.39, 0.29) is 24.4 Å². The van der Waals surface area contributed by atoms with Crippen molar-refractivity contribution in [3.8, 4) is 5.75 Å². The highest BCUT2D eigenvalue weighted by Crippen LogP contribution is 2.28. The van der Waals surface area contributed by atoms with Gasteiger partial charge in [0, 0.05) is 22.7 Å². The summed E-state index contributed by atoms with van der Waals surface area (Å²) < 4.78 is 5.53. The lowest BCUT2D eigenvalue weighted by atomic mass is 10.0. The maximum atomic E-state index is 13.0. The molecule has 1 saturated heterocycles. The first-order valence-corrected chi connectivity index (χ1v) is 11.6. The van der Waals surface area contributed by atoms with Crippen molar-refractivity contribution in [1.29, 1.82) is 0 Å². The largest absolute Gasteiger partial charge is 0.493 e. The number of piperidine rings is 1. The van der Waals surface area contributed by atoms with Gasteiger partial charge in [-0.2, -0.15) is 0 Å². The number of nitrogens with zero attached hydrogens (tertiary/aromatic N) is 1. The van der Waals surface area contributed by atoms with Gasteiger partial charge < -0.3 is 15.4 Å². The number of likely N-dealkylation sites (tertiary alicyclic amines) is 1. The predicted molar refractivity (Wildman–Crippen MR) is 120 cm³/mol. The number of carbonyl (C=O) groups is 2. The topological polar surface area (TPSA) is 70.7 Å². The van der Waals surface area contributed by atoms with Crippen LogP contribution in [0, 0.1) is 0 Å². The van der Waals surface area contributed by atoms with Gasteiger partial charge in [-0.15, -0.1) is 11.8 Å². The molecule has 2 aromatic carbocycles. The fraction of sp³-hybridized carbons (Fsp3) is 0.391. The third-order valence-corrected chi connectivity index (χ3v) is 6.30. The number of benzene rings is 2. The van der Waals surface area contributed by atoms with E-state index in [2.05, 4.69) is 10.6 Å². The molecule has 2 amide bonds. The summed E-state index contributed by atoms with van der Waals surface area (Å²) >= 11 is 1.64. The fourth-order valence-corrected chi connectivity index (χ4v) is 4.51. The molecule has 2 N–H and O–H groups in total. The zero-order valence-corrected chi connectivity index (χ0v) is 18.0. The molecular formula is C23H27N3O3S. The molecule has 30 heavy (non-hydrogen) atoms. The van der Waals surface area contributed by atoms with Crippen molar-refractivity contribution in [2.24, 2.45) is 0 Å². The van der Waals surface area contributed by atoms with Gasteiger partial charge in [0.1, 0.15) is 5.75 Å². The van der Waals surface area contributed by atoms with E-state index in [4.69, 9.17) is 4.74 Å². The van der Waals surface area contributed by atoms with Crippen LogP contribution in [0.4, 0.5) is 11.4 Å². The van der Waals surface area contributed by atoms with Crippen molar-refractivity contribution in [2.45, 2.75) is 36.6 Å². The van der Waals surface area contributed by atoms with E-state index in [0.29, 0.717) is 6.61 Å². The average Bonchev–Trinajstić information content (AvgIpc) is 3.22. The molecule has 0 unspecified atom stereocenters. The lowest BCUT2D eigenvalue weighted by molar-refractivity contribution is -0.124. The molecule has 1 fully saturated rings. The van der Waals surface area contributed by atoms with Crippen LogP contribution in [0.5, 0.6) is 5.75 Å². The molecule has 1 atom stereocenters. The third kappa shape index (κ3) is 4.96. The Morgan fingerprint density at radius 1 is 1.13 bits per heavy atom. The van der Waals surface area contributed by atoms with Crippen molar-refractivity contribution >= 4 is 35.0 Å². The standard InChI is InChI=1S/C23H27N3O3S/c1-30-19-6-4-5-17(14-19)24-22(27)15-26-11-3-2-7-20(26)23(28)25-18-8-9-21-16(13-18)10-12-29-21/h4-6,8-9,13-14,20H,2-3,7,10-12,15H2,1H3,(H,24,27)(H,25,28)/t20-/m0/s1. The zero-order valence-electron chi connectivity index (χ0n) is 17.1. The zero-order chi connectivity index (χ0) is 20.9. The number of hydrogen-bond acceptors (Lipinski definition) is 5. The number of rotatable bonds is 6. The second-order valence-corrected chi connectivity index (χ2v) is 8.55. The molecule has 0 saturated carbocycles. The van der Waals surface area contributed by atoms with E-state index < -0.39 is 0 Å². The number of nitrogens with one attached hydrogen (secondary N) is 2. The maximum absolute atomic E-state index is 13.0. The molecule has 0 aliphatic carbocycles. The van der Waals surface area contributed by atoms with Gasteiger partial charge in [0.25, 0.3) is 0 Å². The van der Waals surface area contributed by atoms with E-state index in [0.717, 1.165) is 59.8 Å². The second kappa shape index (κ2) is 9.53. The monoisotopic (exact) mass is 425 g/mol. The molecule has 158 valence electrons. The summed E-state index contributed by atoms with van der Waals surface area (Å²) in [6.07, 6.45) is 5.62. The molecule has 2 aliphatic rings. The first-order chi connectivity index (χ1) is 14.6. The molecule has 7 heteroatoms. The van der Waals surface area contributed by atoms with E-state index in [9.17, 15) is 9.59 Å². The minimum Gasteiger partial charge on any atom is -0.493 e. The Bertz CT molecular complexity index is 934. The number of anilines is 2. The third-order valence-electron chi connectivity index (χ3n) is 5.57. The summed E-state index contributed by atoms with van der Waals surface area (Å²) in [6.45, 7) is 1.64. The maximum Gasteiger partial charge on any atom is 0.241 e. The predicted octanol–water partition coefficient (Wildman–Crippen LogP) is 3.78. The van der Waals surface area contributed by atoms with Crippen LogP contribution in [0.1, 0.15) is 24.8 Å². The van der Waals surface area contributed by atoms with Crippen LogP contribution in [0.25, 0.3) is 0 Å². The van der Waals surface area contributed by atoms with Gasteiger partial charge in [-0.05, 0) is 67.6 Å². The highest BCUT2D eigenvalue weighted by molar-refractivity contribution is 7.98. The smallest absolute Gasteiger partial charge is 0.241 e. The van der Waals surface area contributed by atoms with Gasteiger partial charge in [0.2, 0.25) is 11.8 Å². The fourth-order valence-electron chi connectivity index (χ4n) is 4.05. The van der Waals surface area contributed by atoms with Crippen LogP contribution in [-0.4, -0.2) is 48.7 Å². The Hall–Kier alpha value is -2.51. The molecule has 0 radical (unpaired) electrons. The molecule has 0 spiro atoms.